The number of ether oxygens (including phenoxy) is 1. The first kappa shape index (κ1) is 16.4. The van der Waals surface area contributed by atoms with Crippen molar-refractivity contribution >= 4 is 15.7 Å². The number of hydrogen-bond donors (Lipinski definition) is 0. The summed E-state index contributed by atoms with van der Waals surface area (Å²) >= 11 is 0. The maximum atomic E-state index is 12.2. The number of carbonyl (C=O) groups is 1. The van der Waals surface area contributed by atoms with Gasteiger partial charge in [0.05, 0.1) is 18.1 Å². The Bertz CT molecular complexity index is 391. The van der Waals surface area contributed by atoms with Crippen molar-refractivity contribution in [3.8, 4) is 0 Å². The van der Waals surface area contributed by atoms with Crippen LogP contribution in [0.3, 0.4) is 0 Å². The van der Waals surface area contributed by atoms with Gasteiger partial charge in [0.25, 0.3) is 0 Å². The molecule has 0 aromatic carbocycles. The standard InChI is InChI=1S/C13H25NO4S/c1-11(2)9-14(5-6-18-3)13(15)8-12-4-7-19(16,17)10-12/h11-12H,4-10H2,1-3H3. The number of amides is 1. The molecule has 1 rings (SSSR count). The SMILES string of the molecule is COCCN(CC(C)C)C(=O)CC1CCS(=O)(=O)C1. The second-order valence-corrected chi connectivity index (χ2v) is 7.93. The van der Waals surface area contributed by atoms with Crippen LogP contribution in [0.15, 0.2) is 0 Å². The lowest BCUT2D eigenvalue weighted by Gasteiger charge is -2.25. The van der Waals surface area contributed by atoms with Crippen molar-refractivity contribution in [3.05, 3.63) is 0 Å². The van der Waals surface area contributed by atoms with E-state index in [-0.39, 0.29) is 23.3 Å². The average molecular weight is 291 g/mol. The number of methoxy groups -OCH3 is 1. The molecule has 1 saturated heterocycles. The molecule has 1 aliphatic heterocycles. The van der Waals surface area contributed by atoms with E-state index in [9.17, 15) is 13.2 Å². The van der Waals surface area contributed by atoms with Crippen LogP contribution in [-0.4, -0.2) is 57.5 Å². The summed E-state index contributed by atoms with van der Waals surface area (Å²) in [5.74, 6) is 0.835. The summed E-state index contributed by atoms with van der Waals surface area (Å²) in [4.78, 5) is 14.0. The van der Waals surface area contributed by atoms with E-state index in [0.717, 1.165) is 0 Å². The Morgan fingerprint density at radius 3 is 2.58 bits per heavy atom. The molecule has 5 nitrogen and oxygen atoms in total. The molecule has 112 valence electrons. The van der Waals surface area contributed by atoms with Gasteiger partial charge in [-0.1, -0.05) is 13.8 Å². The van der Waals surface area contributed by atoms with Gasteiger partial charge >= 0.3 is 0 Å². The molecule has 0 aromatic rings. The van der Waals surface area contributed by atoms with Gasteiger partial charge in [-0.15, -0.1) is 0 Å². The Morgan fingerprint density at radius 2 is 2.11 bits per heavy atom. The molecule has 19 heavy (non-hydrogen) atoms. The van der Waals surface area contributed by atoms with Crippen molar-refractivity contribution in [1.82, 2.24) is 4.90 Å². The third kappa shape index (κ3) is 5.91. The van der Waals surface area contributed by atoms with E-state index in [4.69, 9.17) is 4.74 Å². The highest BCUT2D eigenvalue weighted by molar-refractivity contribution is 7.91. The second-order valence-electron chi connectivity index (χ2n) is 5.70. The van der Waals surface area contributed by atoms with Crippen molar-refractivity contribution in [2.75, 3.05) is 38.3 Å². The van der Waals surface area contributed by atoms with Crippen LogP contribution in [0.5, 0.6) is 0 Å². The fourth-order valence-corrected chi connectivity index (χ4v) is 4.23. The van der Waals surface area contributed by atoms with Gasteiger partial charge in [-0.05, 0) is 18.3 Å². The van der Waals surface area contributed by atoms with Crippen molar-refractivity contribution in [1.29, 1.82) is 0 Å². The Kier molecular flexibility index (Phi) is 6.26. The van der Waals surface area contributed by atoms with Gasteiger partial charge in [-0.3, -0.25) is 4.79 Å². The lowest BCUT2D eigenvalue weighted by Crippen LogP contribution is -2.37. The lowest BCUT2D eigenvalue weighted by molar-refractivity contribution is -0.133. The molecule has 0 saturated carbocycles. The van der Waals surface area contributed by atoms with Crippen LogP contribution in [0.25, 0.3) is 0 Å². The summed E-state index contributed by atoms with van der Waals surface area (Å²) in [6, 6.07) is 0. The van der Waals surface area contributed by atoms with Crippen LogP contribution in [0, 0.1) is 11.8 Å². The number of nitrogens with zero attached hydrogens (tertiary/aromatic N) is 1. The van der Waals surface area contributed by atoms with E-state index in [0.29, 0.717) is 38.5 Å². The number of sulfone groups is 1. The highest BCUT2D eigenvalue weighted by Gasteiger charge is 2.30. The molecule has 0 aliphatic carbocycles. The summed E-state index contributed by atoms with van der Waals surface area (Å²) in [5, 5.41) is 0. The Labute approximate surface area is 116 Å². The molecule has 0 aromatic heterocycles. The summed E-state index contributed by atoms with van der Waals surface area (Å²) in [6.45, 7) is 5.91. The highest BCUT2D eigenvalue weighted by atomic mass is 32.2. The fraction of sp³-hybridized carbons (Fsp3) is 0.923. The minimum Gasteiger partial charge on any atom is -0.383 e. The topological polar surface area (TPSA) is 63.7 Å². The van der Waals surface area contributed by atoms with Gasteiger partial charge in [0, 0.05) is 26.6 Å². The molecule has 0 N–H and O–H groups in total. The van der Waals surface area contributed by atoms with Crippen LogP contribution < -0.4 is 0 Å². The maximum absolute atomic E-state index is 12.2. The van der Waals surface area contributed by atoms with Gasteiger partial charge in [0.2, 0.25) is 5.91 Å². The number of carbonyl (C=O) groups excluding carboxylic acids is 1. The predicted octanol–water partition coefficient (Wildman–Crippen LogP) is 0.942. The smallest absolute Gasteiger partial charge is 0.222 e. The zero-order valence-electron chi connectivity index (χ0n) is 12.1. The van der Waals surface area contributed by atoms with Gasteiger partial charge in [0.1, 0.15) is 0 Å². The van der Waals surface area contributed by atoms with Crippen LogP contribution in [0.4, 0.5) is 0 Å². The lowest BCUT2D eigenvalue weighted by atomic mass is 10.0. The Hall–Kier alpha value is -0.620. The first-order valence-corrected chi connectivity index (χ1v) is 8.63. The van der Waals surface area contributed by atoms with Gasteiger partial charge in [-0.25, -0.2) is 8.42 Å². The van der Waals surface area contributed by atoms with Crippen molar-refractivity contribution in [2.24, 2.45) is 11.8 Å². The van der Waals surface area contributed by atoms with Crippen LogP contribution in [-0.2, 0) is 19.4 Å². The fourth-order valence-electron chi connectivity index (χ4n) is 2.37. The van der Waals surface area contributed by atoms with Gasteiger partial charge in [0.15, 0.2) is 9.84 Å². The third-order valence-corrected chi connectivity index (χ3v) is 5.13. The first-order valence-electron chi connectivity index (χ1n) is 6.81. The number of hydrogen-bond acceptors (Lipinski definition) is 4. The maximum Gasteiger partial charge on any atom is 0.222 e. The molecular weight excluding hydrogens is 266 g/mol. The summed E-state index contributed by atoms with van der Waals surface area (Å²) < 4.78 is 27.8. The molecule has 1 unspecified atom stereocenters. The summed E-state index contributed by atoms with van der Waals surface area (Å²) in [5.41, 5.74) is 0. The third-order valence-electron chi connectivity index (χ3n) is 3.29. The van der Waals surface area contributed by atoms with Crippen molar-refractivity contribution in [2.45, 2.75) is 26.7 Å². The first-order chi connectivity index (χ1) is 8.84. The van der Waals surface area contributed by atoms with Gasteiger partial charge < -0.3 is 9.64 Å². The molecule has 0 spiro atoms. The van der Waals surface area contributed by atoms with E-state index in [1.165, 1.54) is 0 Å². The van der Waals surface area contributed by atoms with E-state index >= 15 is 0 Å². The molecule has 6 heteroatoms. The van der Waals surface area contributed by atoms with E-state index in [2.05, 4.69) is 13.8 Å². The average Bonchev–Trinajstić information content (AvgIpc) is 2.63. The molecular formula is C13H25NO4S. The van der Waals surface area contributed by atoms with E-state index in [1.807, 2.05) is 0 Å². The molecule has 1 amide bonds. The molecule has 1 fully saturated rings. The molecule has 0 bridgehead atoms. The molecule has 1 atom stereocenters. The molecule has 0 radical (unpaired) electrons. The van der Waals surface area contributed by atoms with Gasteiger partial charge in [-0.2, -0.15) is 0 Å². The summed E-state index contributed by atoms with van der Waals surface area (Å²) in [7, 11) is -1.29. The summed E-state index contributed by atoms with van der Waals surface area (Å²) in [6.07, 6.45) is 0.962. The molecule has 1 aliphatic rings. The normalized spacial score (nSPS) is 21.8. The zero-order valence-corrected chi connectivity index (χ0v) is 12.9. The Morgan fingerprint density at radius 1 is 1.42 bits per heavy atom. The zero-order chi connectivity index (χ0) is 14.5. The monoisotopic (exact) mass is 291 g/mol. The van der Waals surface area contributed by atoms with E-state index < -0.39 is 9.84 Å². The van der Waals surface area contributed by atoms with Crippen molar-refractivity contribution < 1.29 is 17.9 Å². The largest absolute Gasteiger partial charge is 0.383 e. The van der Waals surface area contributed by atoms with Crippen LogP contribution in [0.2, 0.25) is 0 Å². The second kappa shape index (κ2) is 7.24. The van der Waals surface area contributed by atoms with Crippen LogP contribution >= 0.6 is 0 Å². The highest BCUT2D eigenvalue weighted by Crippen LogP contribution is 2.22. The van der Waals surface area contributed by atoms with Crippen molar-refractivity contribution in [3.63, 3.8) is 0 Å². The van der Waals surface area contributed by atoms with E-state index in [1.54, 1.807) is 12.0 Å². The minimum atomic E-state index is -2.90. The van der Waals surface area contributed by atoms with Crippen LogP contribution in [0.1, 0.15) is 26.7 Å². The Balaban J connectivity index is 2.51. The molecule has 1 heterocycles. The quantitative estimate of drug-likeness (QED) is 0.700. The predicted molar refractivity (Wildman–Crippen MR) is 74.7 cm³/mol. The number of rotatable bonds is 7. The minimum absolute atomic E-state index is 0.00490.